The van der Waals surface area contributed by atoms with Crippen molar-refractivity contribution in [1.82, 2.24) is 5.32 Å². The van der Waals surface area contributed by atoms with Crippen LogP contribution in [0.4, 0.5) is 0 Å². The lowest BCUT2D eigenvalue weighted by molar-refractivity contribution is 0.0930. The minimum absolute atomic E-state index is 0.0456. The summed E-state index contributed by atoms with van der Waals surface area (Å²) in [5, 5.41) is 3.17. The van der Waals surface area contributed by atoms with E-state index in [9.17, 15) is 4.79 Å². The summed E-state index contributed by atoms with van der Waals surface area (Å²) in [6.45, 7) is 0. The Hall–Kier alpha value is -1.81. The Morgan fingerprint density at radius 1 is 1.14 bits per heavy atom. The third-order valence-electron chi connectivity index (χ3n) is 3.86. The predicted octanol–water partition coefficient (Wildman–Crippen LogP) is 3.88. The van der Waals surface area contributed by atoms with Crippen LogP contribution in [0.25, 0.3) is 0 Å². The van der Waals surface area contributed by atoms with E-state index in [2.05, 4.69) is 21.2 Å². The van der Waals surface area contributed by atoms with Crippen LogP contribution in [0.15, 0.2) is 53.0 Å². The molecule has 0 aromatic heterocycles. The fourth-order valence-corrected chi connectivity index (χ4v) is 2.92. The standard InChI is InChI=1S/C17H16BrNO2/c1-21-13-8-6-12(7-9-13)17(10-11-17)19-16(20)14-4-2-3-5-15(14)18/h2-9H,10-11H2,1H3,(H,19,20). The zero-order chi connectivity index (χ0) is 14.9. The number of hydrogen-bond acceptors (Lipinski definition) is 2. The summed E-state index contributed by atoms with van der Waals surface area (Å²) < 4.78 is 5.99. The Morgan fingerprint density at radius 2 is 1.81 bits per heavy atom. The van der Waals surface area contributed by atoms with Crippen LogP contribution in [0, 0.1) is 0 Å². The SMILES string of the molecule is COc1ccc(C2(NC(=O)c3ccccc3Br)CC2)cc1. The van der Waals surface area contributed by atoms with Crippen LogP contribution in [-0.2, 0) is 5.54 Å². The number of halogens is 1. The van der Waals surface area contributed by atoms with Crippen molar-refractivity contribution in [3.05, 3.63) is 64.1 Å². The van der Waals surface area contributed by atoms with Crippen LogP contribution in [0.5, 0.6) is 5.75 Å². The van der Waals surface area contributed by atoms with Gasteiger partial charge < -0.3 is 10.1 Å². The predicted molar refractivity (Wildman–Crippen MR) is 85.5 cm³/mol. The second-order valence-electron chi connectivity index (χ2n) is 5.24. The quantitative estimate of drug-likeness (QED) is 0.913. The molecule has 0 unspecified atom stereocenters. The fourth-order valence-electron chi connectivity index (χ4n) is 2.45. The number of rotatable bonds is 4. The number of nitrogens with one attached hydrogen (secondary N) is 1. The highest BCUT2D eigenvalue weighted by Crippen LogP contribution is 2.46. The molecule has 0 spiro atoms. The van der Waals surface area contributed by atoms with Crippen LogP contribution in [0.2, 0.25) is 0 Å². The Morgan fingerprint density at radius 3 is 2.38 bits per heavy atom. The Kier molecular flexibility index (Phi) is 3.72. The molecule has 4 heteroatoms. The number of methoxy groups -OCH3 is 1. The monoisotopic (exact) mass is 345 g/mol. The van der Waals surface area contributed by atoms with E-state index in [0.717, 1.165) is 28.6 Å². The second kappa shape index (κ2) is 5.53. The largest absolute Gasteiger partial charge is 0.497 e. The first kappa shape index (κ1) is 14.1. The molecule has 3 nitrogen and oxygen atoms in total. The van der Waals surface area contributed by atoms with Crippen LogP contribution >= 0.6 is 15.9 Å². The first-order valence-electron chi connectivity index (χ1n) is 6.86. The van der Waals surface area contributed by atoms with Gasteiger partial charge >= 0.3 is 0 Å². The van der Waals surface area contributed by atoms with Crippen LogP contribution in [-0.4, -0.2) is 13.0 Å². The first-order chi connectivity index (χ1) is 10.1. The van der Waals surface area contributed by atoms with Gasteiger partial charge in [-0.1, -0.05) is 24.3 Å². The van der Waals surface area contributed by atoms with Crippen LogP contribution < -0.4 is 10.1 Å². The van der Waals surface area contributed by atoms with Crippen molar-refractivity contribution in [2.75, 3.05) is 7.11 Å². The van der Waals surface area contributed by atoms with Crippen LogP contribution in [0.3, 0.4) is 0 Å². The third kappa shape index (κ3) is 2.81. The summed E-state index contributed by atoms with van der Waals surface area (Å²) in [6, 6.07) is 15.4. The second-order valence-corrected chi connectivity index (χ2v) is 6.10. The van der Waals surface area contributed by atoms with Crippen molar-refractivity contribution < 1.29 is 9.53 Å². The average Bonchev–Trinajstić information content (AvgIpc) is 3.28. The molecule has 0 radical (unpaired) electrons. The van der Waals surface area contributed by atoms with E-state index in [4.69, 9.17) is 4.74 Å². The molecule has 0 aliphatic heterocycles. The zero-order valence-corrected chi connectivity index (χ0v) is 13.3. The number of hydrogen-bond donors (Lipinski definition) is 1. The lowest BCUT2D eigenvalue weighted by atomic mass is 10.0. The van der Waals surface area contributed by atoms with E-state index >= 15 is 0 Å². The van der Waals surface area contributed by atoms with Gasteiger partial charge in [0.1, 0.15) is 5.75 Å². The minimum atomic E-state index is -0.224. The smallest absolute Gasteiger partial charge is 0.253 e. The first-order valence-corrected chi connectivity index (χ1v) is 7.65. The summed E-state index contributed by atoms with van der Waals surface area (Å²) in [5.74, 6) is 0.780. The molecule has 2 aromatic carbocycles. The van der Waals surface area contributed by atoms with Crippen molar-refractivity contribution in [1.29, 1.82) is 0 Å². The molecule has 3 rings (SSSR count). The molecule has 21 heavy (non-hydrogen) atoms. The Bertz CT molecular complexity index is 663. The molecule has 1 amide bonds. The van der Waals surface area contributed by atoms with Gasteiger partial charge in [0.25, 0.3) is 5.91 Å². The third-order valence-corrected chi connectivity index (χ3v) is 4.56. The molecule has 1 aliphatic carbocycles. The molecule has 2 aromatic rings. The van der Waals surface area contributed by atoms with E-state index in [-0.39, 0.29) is 11.4 Å². The van der Waals surface area contributed by atoms with Crippen molar-refractivity contribution in [3.8, 4) is 5.75 Å². The van der Waals surface area contributed by atoms with Crippen LogP contribution in [0.1, 0.15) is 28.8 Å². The molecule has 1 aliphatic rings. The Balaban J connectivity index is 1.80. The molecule has 108 valence electrons. The Labute approximate surface area is 132 Å². The molecule has 0 bridgehead atoms. The summed E-state index contributed by atoms with van der Waals surface area (Å²) in [5.41, 5.74) is 1.57. The van der Waals surface area contributed by atoms with E-state index in [0.29, 0.717) is 5.56 Å². The maximum absolute atomic E-state index is 12.5. The van der Waals surface area contributed by atoms with E-state index < -0.39 is 0 Å². The van der Waals surface area contributed by atoms with Gasteiger partial charge in [-0.25, -0.2) is 0 Å². The van der Waals surface area contributed by atoms with Gasteiger partial charge in [-0.15, -0.1) is 0 Å². The van der Waals surface area contributed by atoms with Crippen molar-refractivity contribution >= 4 is 21.8 Å². The average molecular weight is 346 g/mol. The molecule has 1 saturated carbocycles. The molecular weight excluding hydrogens is 330 g/mol. The normalized spacial score (nSPS) is 15.3. The summed E-state index contributed by atoms with van der Waals surface area (Å²) in [7, 11) is 1.65. The van der Waals surface area contributed by atoms with Crippen molar-refractivity contribution in [2.24, 2.45) is 0 Å². The zero-order valence-electron chi connectivity index (χ0n) is 11.7. The lowest BCUT2D eigenvalue weighted by Gasteiger charge is -2.19. The lowest BCUT2D eigenvalue weighted by Crippen LogP contribution is -2.35. The van der Waals surface area contributed by atoms with E-state index in [1.165, 1.54) is 0 Å². The summed E-state index contributed by atoms with van der Waals surface area (Å²) in [4.78, 5) is 12.5. The number of benzene rings is 2. The number of ether oxygens (including phenoxy) is 1. The molecule has 1 N–H and O–H groups in total. The van der Waals surface area contributed by atoms with Crippen molar-refractivity contribution in [2.45, 2.75) is 18.4 Å². The number of carbonyl (C=O) groups excluding carboxylic acids is 1. The fraction of sp³-hybridized carbons (Fsp3) is 0.235. The van der Waals surface area contributed by atoms with Crippen molar-refractivity contribution in [3.63, 3.8) is 0 Å². The number of carbonyl (C=O) groups is 1. The molecule has 0 saturated heterocycles. The molecule has 1 fully saturated rings. The summed E-state index contributed by atoms with van der Waals surface area (Å²) >= 11 is 3.42. The van der Waals surface area contributed by atoms with Gasteiger partial charge in [0.15, 0.2) is 0 Å². The van der Waals surface area contributed by atoms with Gasteiger partial charge in [-0.05, 0) is 58.6 Å². The molecule has 0 atom stereocenters. The molecule has 0 heterocycles. The van der Waals surface area contributed by atoms with E-state index in [1.54, 1.807) is 7.11 Å². The topological polar surface area (TPSA) is 38.3 Å². The summed E-state index contributed by atoms with van der Waals surface area (Å²) in [6.07, 6.45) is 1.94. The highest BCUT2D eigenvalue weighted by Gasteiger charge is 2.45. The maximum atomic E-state index is 12.5. The highest BCUT2D eigenvalue weighted by molar-refractivity contribution is 9.10. The van der Waals surface area contributed by atoms with Gasteiger partial charge in [0.05, 0.1) is 18.2 Å². The number of amides is 1. The highest BCUT2D eigenvalue weighted by atomic mass is 79.9. The van der Waals surface area contributed by atoms with Gasteiger partial charge in [0, 0.05) is 4.47 Å². The minimum Gasteiger partial charge on any atom is -0.497 e. The van der Waals surface area contributed by atoms with E-state index in [1.807, 2.05) is 48.5 Å². The maximum Gasteiger partial charge on any atom is 0.253 e. The van der Waals surface area contributed by atoms with Gasteiger partial charge in [0.2, 0.25) is 0 Å². The van der Waals surface area contributed by atoms with Gasteiger partial charge in [-0.2, -0.15) is 0 Å². The molecular formula is C17H16BrNO2. The van der Waals surface area contributed by atoms with Gasteiger partial charge in [-0.3, -0.25) is 4.79 Å².